The van der Waals surface area contributed by atoms with Gasteiger partial charge in [-0.25, -0.2) is 9.97 Å². The van der Waals surface area contributed by atoms with Crippen molar-refractivity contribution in [3.05, 3.63) is 96.2 Å². The maximum atomic E-state index is 12.7. The summed E-state index contributed by atoms with van der Waals surface area (Å²) in [6.45, 7) is 2.20. The van der Waals surface area contributed by atoms with Gasteiger partial charge in [0.05, 0.1) is 5.69 Å². The number of benzene rings is 2. The van der Waals surface area contributed by atoms with Gasteiger partial charge in [-0.15, -0.1) is 10.2 Å². The van der Waals surface area contributed by atoms with E-state index in [0.717, 1.165) is 16.8 Å². The topological polar surface area (TPSA) is 107 Å². The molecule has 0 spiro atoms. The molecular weight excluding hydrogens is 418 g/mol. The first kappa shape index (κ1) is 20.3. The first-order chi connectivity index (χ1) is 16.2. The Morgan fingerprint density at radius 3 is 2.61 bits per heavy atom. The number of amides is 1. The summed E-state index contributed by atoms with van der Waals surface area (Å²) in [6.07, 6.45) is 1.31. The summed E-state index contributed by atoms with van der Waals surface area (Å²) < 4.78 is 7.37. The molecule has 9 nitrogen and oxygen atoms in total. The number of nitrogens with one attached hydrogen (secondary N) is 1. The van der Waals surface area contributed by atoms with Gasteiger partial charge >= 0.3 is 0 Å². The fraction of sp³-hybridized carbons (Fsp3) is 0.0833. The highest BCUT2D eigenvalue weighted by Gasteiger charge is 2.11. The SMILES string of the molecule is Cc1nnc2ccc(-c3ccc(NC(=O)c4cc(OCc5ccccc5)ncn4)cc3)nn12. The Hall–Kier alpha value is -4.66. The number of hydrogen-bond acceptors (Lipinski definition) is 7. The second kappa shape index (κ2) is 8.83. The fourth-order valence-electron chi connectivity index (χ4n) is 3.24. The lowest BCUT2D eigenvalue weighted by Gasteiger charge is -2.08. The largest absolute Gasteiger partial charge is 0.473 e. The number of hydrogen-bond donors (Lipinski definition) is 1. The summed E-state index contributed by atoms with van der Waals surface area (Å²) in [5.74, 6) is 0.696. The van der Waals surface area contributed by atoms with Gasteiger partial charge in [0.25, 0.3) is 5.91 Å². The fourth-order valence-corrected chi connectivity index (χ4v) is 3.24. The third-order valence-electron chi connectivity index (χ3n) is 4.96. The van der Waals surface area contributed by atoms with E-state index in [1.165, 1.54) is 12.4 Å². The second-order valence-electron chi connectivity index (χ2n) is 7.28. The molecule has 1 N–H and O–H groups in total. The number of anilines is 1. The molecule has 0 saturated carbocycles. The van der Waals surface area contributed by atoms with Crippen LogP contribution in [0.15, 0.2) is 79.1 Å². The quantitative estimate of drug-likeness (QED) is 0.431. The summed E-state index contributed by atoms with van der Waals surface area (Å²) in [5.41, 5.74) is 4.23. The highest BCUT2D eigenvalue weighted by atomic mass is 16.5. The lowest BCUT2D eigenvalue weighted by molar-refractivity contribution is 0.102. The predicted molar refractivity (Wildman–Crippen MR) is 122 cm³/mol. The first-order valence-electron chi connectivity index (χ1n) is 10.3. The molecule has 33 heavy (non-hydrogen) atoms. The maximum absolute atomic E-state index is 12.7. The molecule has 5 rings (SSSR count). The summed E-state index contributed by atoms with van der Waals surface area (Å²) in [5, 5.41) is 15.5. The number of rotatable bonds is 6. The summed E-state index contributed by atoms with van der Waals surface area (Å²) in [7, 11) is 0. The first-order valence-corrected chi connectivity index (χ1v) is 10.3. The van der Waals surface area contributed by atoms with Crippen molar-refractivity contribution < 1.29 is 9.53 Å². The van der Waals surface area contributed by atoms with E-state index < -0.39 is 0 Å². The van der Waals surface area contributed by atoms with Crippen molar-refractivity contribution in [1.82, 2.24) is 29.8 Å². The molecule has 0 bridgehead atoms. The van der Waals surface area contributed by atoms with E-state index in [1.807, 2.05) is 73.7 Å². The Bertz CT molecular complexity index is 1420. The van der Waals surface area contributed by atoms with Crippen LogP contribution in [0.1, 0.15) is 21.9 Å². The Balaban J connectivity index is 1.26. The molecule has 5 aromatic rings. The number of carbonyl (C=O) groups is 1. The Labute approximate surface area is 189 Å². The van der Waals surface area contributed by atoms with Gasteiger partial charge in [0, 0.05) is 17.3 Å². The molecule has 3 aromatic heterocycles. The zero-order chi connectivity index (χ0) is 22.6. The molecule has 0 atom stereocenters. The van der Waals surface area contributed by atoms with Crippen LogP contribution >= 0.6 is 0 Å². The molecule has 9 heteroatoms. The second-order valence-corrected chi connectivity index (χ2v) is 7.28. The van der Waals surface area contributed by atoms with Crippen molar-refractivity contribution in [2.24, 2.45) is 0 Å². The summed E-state index contributed by atoms with van der Waals surface area (Å²) in [6, 6.07) is 22.4. The van der Waals surface area contributed by atoms with Gasteiger partial charge in [-0.05, 0) is 36.8 Å². The van der Waals surface area contributed by atoms with Gasteiger partial charge in [-0.1, -0.05) is 42.5 Å². The minimum Gasteiger partial charge on any atom is -0.473 e. The van der Waals surface area contributed by atoms with Crippen LogP contribution in [-0.4, -0.2) is 35.7 Å². The number of fused-ring (bicyclic) bond motifs is 1. The molecular formula is C24H19N7O2. The van der Waals surface area contributed by atoms with Crippen molar-refractivity contribution in [2.45, 2.75) is 13.5 Å². The third kappa shape index (κ3) is 4.52. The van der Waals surface area contributed by atoms with Crippen LogP contribution in [0.3, 0.4) is 0 Å². The number of aryl methyl sites for hydroxylation is 1. The van der Waals surface area contributed by atoms with Crippen LogP contribution in [0.25, 0.3) is 16.9 Å². The minimum atomic E-state index is -0.352. The van der Waals surface area contributed by atoms with Gasteiger partial charge in [0.2, 0.25) is 5.88 Å². The highest BCUT2D eigenvalue weighted by molar-refractivity contribution is 6.03. The van der Waals surface area contributed by atoms with Crippen molar-refractivity contribution in [3.8, 4) is 17.1 Å². The monoisotopic (exact) mass is 437 g/mol. The lowest BCUT2D eigenvalue weighted by atomic mass is 10.1. The van der Waals surface area contributed by atoms with Crippen LogP contribution in [0.4, 0.5) is 5.69 Å². The molecule has 0 aliphatic rings. The van der Waals surface area contributed by atoms with E-state index in [0.29, 0.717) is 29.6 Å². The zero-order valence-corrected chi connectivity index (χ0v) is 17.7. The Morgan fingerprint density at radius 1 is 0.970 bits per heavy atom. The predicted octanol–water partition coefficient (Wildman–Crippen LogP) is 3.72. The molecule has 2 aromatic carbocycles. The van der Waals surface area contributed by atoms with E-state index in [1.54, 1.807) is 4.52 Å². The minimum absolute atomic E-state index is 0.215. The molecule has 0 fully saturated rings. The van der Waals surface area contributed by atoms with E-state index in [4.69, 9.17) is 4.74 Å². The van der Waals surface area contributed by atoms with Gasteiger partial charge in [0.1, 0.15) is 18.6 Å². The van der Waals surface area contributed by atoms with Gasteiger partial charge in [-0.3, -0.25) is 4.79 Å². The van der Waals surface area contributed by atoms with Crippen LogP contribution < -0.4 is 10.1 Å². The Kier molecular flexibility index (Phi) is 5.42. The number of nitrogens with zero attached hydrogens (tertiary/aromatic N) is 6. The number of carbonyl (C=O) groups excluding carboxylic acids is 1. The van der Waals surface area contributed by atoms with Gasteiger partial charge < -0.3 is 10.1 Å². The normalized spacial score (nSPS) is 10.8. The molecule has 0 aliphatic carbocycles. The molecule has 1 amide bonds. The van der Waals surface area contributed by atoms with Crippen molar-refractivity contribution in [1.29, 1.82) is 0 Å². The molecule has 0 aliphatic heterocycles. The molecule has 0 radical (unpaired) electrons. The van der Waals surface area contributed by atoms with Crippen molar-refractivity contribution >= 4 is 17.2 Å². The number of aromatic nitrogens is 6. The van der Waals surface area contributed by atoms with Gasteiger partial charge in [-0.2, -0.15) is 9.61 Å². The van der Waals surface area contributed by atoms with E-state index in [9.17, 15) is 4.79 Å². The Morgan fingerprint density at radius 2 is 1.79 bits per heavy atom. The molecule has 0 saturated heterocycles. The van der Waals surface area contributed by atoms with Crippen LogP contribution in [0, 0.1) is 6.92 Å². The van der Waals surface area contributed by atoms with Crippen LogP contribution in [0.2, 0.25) is 0 Å². The van der Waals surface area contributed by atoms with Gasteiger partial charge in [0.15, 0.2) is 11.5 Å². The lowest BCUT2D eigenvalue weighted by Crippen LogP contribution is -2.14. The molecule has 162 valence electrons. The molecule has 0 unspecified atom stereocenters. The highest BCUT2D eigenvalue weighted by Crippen LogP contribution is 2.20. The van der Waals surface area contributed by atoms with Crippen molar-refractivity contribution in [3.63, 3.8) is 0 Å². The maximum Gasteiger partial charge on any atom is 0.274 e. The van der Waals surface area contributed by atoms with Crippen LogP contribution in [0.5, 0.6) is 5.88 Å². The summed E-state index contributed by atoms with van der Waals surface area (Å²) in [4.78, 5) is 20.8. The van der Waals surface area contributed by atoms with E-state index in [-0.39, 0.29) is 11.6 Å². The third-order valence-corrected chi connectivity index (χ3v) is 4.96. The zero-order valence-electron chi connectivity index (χ0n) is 17.7. The molecule has 3 heterocycles. The average molecular weight is 437 g/mol. The van der Waals surface area contributed by atoms with E-state index in [2.05, 4.69) is 30.6 Å². The number of ether oxygens (including phenoxy) is 1. The smallest absolute Gasteiger partial charge is 0.274 e. The summed E-state index contributed by atoms with van der Waals surface area (Å²) >= 11 is 0. The van der Waals surface area contributed by atoms with Crippen LogP contribution in [-0.2, 0) is 6.61 Å². The van der Waals surface area contributed by atoms with E-state index >= 15 is 0 Å². The standard InChI is InChI=1S/C24H19N7O2/c1-16-28-29-22-12-11-20(30-31(16)22)18-7-9-19(10-8-18)27-24(32)21-13-23(26-15-25-21)33-14-17-5-3-2-4-6-17/h2-13,15H,14H2,1H3,(H,27,32). The average Bonchev–Trinajstić information content (AvgIpc) is 3.24. The van der Waals surface area contributed by atoms with Crippen molar-refractivity contribution in [2.75, 3.05) is 5.32 Å².